The van der Waals surface area contributed by atoms with E-state index in [1.54, 1.807) is 17.2 Å². The molecule has 0 spiro atoms. The first-order valence-corrected chi connectivity index (χ1v) is 5.77. The SMILES string of the molecule is Cc1cc(N(CCBr)CC(F)F)ccn1. The van der Waals surface area contributed by atoms with E-state index < -0.39 is 6.43 Å². The number of hydrogen-bond acceptors (Lipinski definition) is 2. The molecule has 0 atom stereocenters. The van der Waals surface area contributed by atoms with Gasteiger partial charge < -0.3 is 4.90 Å². The average Bonchev–Trinajstić information content (AvgIpc) is 2.16. The third-order valence-corrected chi connectivity index (χ3v) is 2.31. The summed E-state index contributed by atoms with van der Waals surface area (Å²) in [6, 6.07) is 3.56. The van der Waals surface area contributed by atoms with Crippen LogP contribution in [0.2, 0.25) is 0 Å². The molecule has 0 saturated heterocycles. The van der Waals surface area contributed by atoms with Crippen molar-refractivity contribution in [3.05, 3.63) is 24.0 Å². The number of anilines is 1. The molecule has 1 aromatic heterocycles. The molecule has 0 unspecified atom stereocenters. The van der Waals surface area contributed by atoms with E-state index in [2.05, 4.69) is 20.9 Å². The van der Waals surface area contributed by atoms with Gasteiger partial charge in [0.15, 0.2) is 0 Å². The zero-order chi connectivity index (χ0) is 11.3. The Kier molecular flexibility index (Phi) is 4.94. The molecule has 0 fully saturated rings. The lowest BCUT2D eigenvalue weighted by molar-refractivity contribution is 0.155. The second kappa shape index (κ2) is 6.00. The monoisotopic (exact) mass is 278 g/mol. The van der Waals surface area contributed by atoms with Crippen LogP contribution in [0.25, 0.3) is 0 Å². The Balaban J connectivity index is 2.78. The lowest BCUT2D eigenvalue weighted by Crippen LogP contribution is -2.30. The smallest absolute Gasteiger partial charge is 0.255 e. The predicted molar refractivity (Wildman–Crippen MR) is 61.0 cm³/mol. The van der Waals surface area contributed by atoms with Crippen LogP contribution >= 0.6 is 15.9 Å². The van der Waals surface area contributed by atoms with Crippen LogP contribution in [0.4, 0.5) is 14.5 Å². The number of alkyl halides is 3. The molecule has 15 heavy (non-hydrogen) atoms. The molecule has 0 bridgehead atoms. The van der Waals surface area contributed by atoms with E-state index in [0.717, 1.165) is 11.4 Å². The normalized spacial score (nSPS) is 10.7. The molecule has 1 aromatic rings. The lowest BCUT2D eigenvalue weighted by Gasteiger charge is -2.23. The van der Waals surface area contributed by atoms with Crippen LogP contribution in [0.5, 0.6) is 0 Å². The highest BCUT2D eigenvalue weighted by Gasteiger charge is 2.12. The Morgan fingerprint density at radius 1 is 1.53 bits per heavy atom. The zero-order valence-corrected chi connectivity index (χ0v) is 10.0. The van der Waals surface area contributed by atoms with Gasteiger partial charge in [-0.3, -0.25) is 4.98 Å². The van der Waals surface area contributed by atoms with Crippen molar-refractivity contribution < 1.29 is 8.78 Å². The summed E-state index contributed by atoms with van der Waals surface area (Å²) >= 11 is 3.25. The molecule has 5 heteroatoms. The minimum absolute atomic E-state index is 0.241. The molecular formula is C10H13BrF2N2. The molecule has 0 aliphatic heterocycles. The summed E-state index contributed by atoms with van der Waals surface area (Å²) in [5.74, 6) is 0. The standard InChI is InChI=1S/C10H13BrF2N2/c1-8-6-9(2-4-14-8)15(5-3-11)7-10(12)13/h2,4,6,10H,3,5,7H2,1H3. The number of rotatable bonds is 5. The fraction of sp³-hybridized carbons (Fsp3) is 0.500. The van der Waals surface area contributed by atoms with Crippen molar-refractivity contribution in [1.82, 2.24) is 4.98 Å². The minimum atomic E-state index is -2.32. The first-order chi connectivity index (χ1) is 7.13. The third kappa shape index (κ3) is 4.11. The number of halogens is 3. The highest BCUT2D eigenvalue weighted by Crippen LogP contribution is 2.15. The Bertz CT molecular complexity index is 307. The number of nitrogens with zero attached hydrogens (tertiary/aromatic N) is 2. The molecule has 0 amide bonds. The van der Waals surface area contributed by atoms with E-state index in [1.165, 1.54) is 0 Å². The number of aryl methyl sites for hydroxylation is 1. The highest BCUT2D eigenvalue weighted by molar-refractivity contribution is 9.09. The highest BCUT2D eigenvalue weighted by atomic mass is 79.9. The van der Waals surface area contributed by atoms with Crippen LogP contribution in [0.3, 0.4) is 0 Å². The molecule has 0 N–H and O–H groups in total. The maximum Gasteiger partial charge on any atom is 0.255 e. The van der Waals surface area contributed by atoms with Gasteiger partial charge in [-0.1, -0.05) is 15.9 Å². The van der Waals surface area contributed by atoms with Gasteiger partial charge in [0, 0.05) is 29.5 Å². The van der Waals surface area contributed by atoms with Gasteiger partial charge in [-0.25, -0.2) is 8.78 Å². The summed E-state index contributed by atoms with van der Waals surface area (Å²) in [5.41, 5.74) is 1.63. The Hall–Kier alpha value is -0.710. The molecule has 1 heterocycles. The van der Waals surface area contributed by atoms with E-state index in [1.807, 2.05) is 13.0 Å². The summed E-state index contributed by atoms with van der Waals surface area (Å²) in [6.07, 6.45) is -0.685. The number of pyridine rings is 1. The van der Waals surface area contributed by atoms with Crippen LogP contribution in [0, 0.1) is 6.92 Å². The van der Waals surface area contributed by atoms with Gasteiger partial charge in [0.1, 0.15) is 0 Å². The fourth-order valence-electron chi connectivity index (χ4n) is 1.32. The van der Waals surface area contributed by atoms with Crippen LogP contribution in [-0.2, 0) is 0 Å². The lowest BCUT2D eigenvalue weighted by atomic mass is 10.3. The number of hydrogen-bond donors (Lipinski definition) is 0. The van der Waals surface area contributed by atoms with Crippen LogP contribution in [0.15, 0.2) is 18.3 Å². The summed E-state index contributed by atoms with van der Waals surface area (Å²) in [6.45, 7) is 2.17. The van der Waals surface area contributed by atoms with Crippen molar-refractivity contribution in [2.24, 2.45) is 0 Å². The minimum Gasteiger partial charge on any atom is -0.365 e. The molecule has 0 aliphatic rings. The summed E-state index contributed by atoms with van der Waals surface area (Å²) in [5, 5.41) is 0.668. The molecule has 0 aliphatic carbocycles. The molecule has 0 saturated carbocycles. The molecule has 0 radical (unpaired) electrons. The predicted octanol–water partition coefficient (Wildman–Crippen LogP) is 2.86. The van der Waals surface area contributed by atoms with E-state index in [9.17, 15) is 8.78 Å². The van der Waals surface area contributed by atoms with Gasteiger partial charge in [0.2, 0.25) is 0 Å². The van der Waals surface area contributed by atoms with E-state index >= 15 is 0 Å². The maximum atomic E-state index is 12.3. The van der Waals surface area contributed by atoms with Crippen molar-refractivity contribution in [2.45, 2.75) is 13.3 Å². The Morgan fingerprint density at radius 3 is 2.80 bits per heavy atom. The molecule has 1 rings (SSSR count). The topological polar surface area (TPSA) is 16.1 Å². The van der Waals surface area contributed by atoms with Gasteiger partial charge in [-0.2, -0.15) is 0 Å². The van der Waals surface area contributed by atoms with E-state index in [4.69, 9.17) is 0 Å². The Labute approximate surface area is 96.4 Å². The van der Waals surface area contributed by atoms with Gasteiger partial charge in [-0.05, 0) is 19.1 Å². The van der Waals surface area contributed by atoms with Crippen molar-refractivity contribution >= 4 is 21.6 Å². The van der Waals surface area contributed by atoms with Gasteiger partial charge in [0.05, 0.1) is 6.54 Å². The molecule has 84 valence electrons. The molecule has 2 nitrogen and oxygen atoms in total. The first-order valence-electron chi connectivity index (χ1n) is 4.65. The van der Waals surface area contributed by atoms with E-state index in [0.29, 0.717) is 11.9 Å². The zero-order valence-electron chi connectivity index (χ0n) is 8.46. The second-order valence-electron chi connectivity index (χ2n) is 3.18. The van der Waals surface area contributed by atoms with Crippen molar-refractivity contribution in [1.29, 1.82) is 0 Å². The van der Waals surface area contributed by atoms with Crippen LogP contribution in [0.1, 0.15) is 5.69 Å². The van der Waals surface area contributed by atoms with Gasteiger partial charge in [0.25, 0.3) is 6.43 Å². The van der Waals surface area contributed by atoms with Gasteiger partial charge in [-0.15, -0.1) is 0 Å². The summed E-state index contributed by atoms with van der Waals surface area (Å²) < 4.78 is 24.6. The van der Waals surface area contributed by atoms with Crippen LogP contribution in [-0.4, -0.2) is 29.8 Å². The summed E-state index contributed by atoms with van der Waals surface area (Å²) in [7, 11) is 0. The summed E-state index contributed by atoms with van der Waals surface area (Å²) in [4.78, 5) is 5.68. The maximum absolute atomic E-state index is 12.3. The second-order valence-corrected chi connectivity index (χ2v) is 3.97. The molecular weight excluding hydrogens is 266 g/mol. The number of aromatic nitrogens is 1. The van der Waals surface area contributed by atoms with E-state index in [-0.39, 0.29) is 6.54 Å². The van der Waals surface area contributed by atoms with Crippen molar-refractivity contribution in [2.75, 3.05) is 23.3 Å². The fourth-order valence-corrected chi connectivity index (χ4v) is 1.75. The van der Waals surface area contributed by atoms with Gasteiger partial charge >= 0.3 is 0 Å². The third-order valence-electron chi connectivity index (χ3n) is 1.96. The first kappa shape index (κ1) is 12.4. The van der Waals surface area contributed by atoms with Crippen LogP contribution < -0.4 is 4.90 Å². The van der Waals surface area contributed by atoms with Crippen molar-refractivity contribution in [3.63, 3.8) is 0 Å². The largest absolute Gasteiger partial charge is 0.365 e. The molecule has 0 aromatic carbocycles. The Morgan fingerprint density at radius 2 is 2.27 bits per heavy atom. The average molecular weight is 279 g/mol. The van der Waals surface area contributed by atoms with Crippen molar-refractivity contribution in [3.8, 4) is 0 Å². The quantitative estimate of drug-likeness (QED) is 0.770.